The van der Waals surface area contributed by atoms with Gasteiger partial charge in [0.15, 0.2) is 0 Å². The first kappa shape index (κ1) is 58.6. The summed E-state index contributed by atoms with van der Waals surface area (Å²) in [5.41, 5.74) is 10.4. The normalized spacial score (nSPS) is 10.3. The van der Waals surface area contributed by atoms with E-state index in [0.717, 1.165) is 29.0 Å². The number of anilines is 2. The van der Waals surface area contributed by atoms with E-state index in [0.29, 0.717) is 31.0 Å². The van der Waals surface area contributed by atoms with E-state index < -0.39 is 79.9 Å². The average Bonchev–Trinajstić information content (AvgIpc) is 3.70. The molecule has 2 aromatic carbocycles. The Bertz CT molecular complexity index is 1680. The molecule has 0 atom stereocenters. The number of carboxylic acids is 11. The van der Waals surface area contributed by atoms with Crippen LogP contribution in [0.3, 0.4) is 0 Å². The number of carboxylic acid groups (broad SMARTS) is 11. The number of rotatable bonds is 2. The van der Waals surface area contributed by atoms with E-state index in [1.807, 2.05) is 18.2 Å². The molecule has 2 heterocycles. The van der Waals surface area contributed by atoms with Gasteiger partial charge in [-0.05, 0) is 46.3 Å². The van der Waals surface area contributed by atoms with Crippen molar-refractivity contribution >= 4 is 108 Å². The van der Waals surface area contributed by atoms with Crippen molar-refractivity contribution < 1.29 is 133 Å². The van der Waals surface area contributed by atoms with Crippen LogP contribution < -0.4 is 22.0 Å². The summed E-state index contributed by atoms with van der Waals surface area (Å²) in [7, 11) is -1.65. The van der Waals surface area contributed by atoms with Crippen molar-refractivity contribution in [1.29, 1.82) is 0 Å². The van der Waals surface area contributed by atoms with Gasteiger partial charge in [-0.15, -0.1) is 0 Å². The summed E-state index contributed by atoms with van der Waals surface area (Å²) in [6, 6.07) is 10.8. The summed E-state index contributed by atoms with van der Waals surface area (Å²) in [5, 5.41) is 103. The maximum atomic E-state index is 11.2. The quantitative estimate of drug-likeness (QED) is 0.0770. The van der Waals surface area contributed by atoms with Crippen molar-refractivity contribution in [3.05, 3.63) is 47.5 Å². The lowest BCUT2D eigenvalue weighted by Gasteiger charge is -2.05. The molecule has 0 fully saturated rings. The van der Waals surface area contributed by atoms with Gasteiger partial charge in [0.25, 0.3) is 5.97 Å². The molecule has 2 aliphatic rings. The van der Waals surface area contributed by atoms with Crippen LogP contribution in [0.2, 0.25) is 0 Å². The Morgan fingerprint density at radius 1 is 0.533 bits per heavy atom. The highest BCUT2D eigenvalue weighted by Crippen LogP contribution is 2.14. The smallest absolute Gasteiger partial charge is 0.481 e. The molecule has 0 aromatic heterocycles. The van der Waals surface area contributed by atoms with Crippen molar-refractivity contribution in [3.63, 3.8) is 0 Å². The summed E-state index contributed by atoms with van der Waals surface area (Å²) < 4.78 is 10.0. The van der Waals surface area contributed by atoms with Gasteiger partial charge in [-0.1, -0.05) is 19.1 Å². The van der Waals surface area contributed by atoms with Gasteiger partial charge in [-0.2, -0.15) is 0 Å². The molecule has 0 unspecified atom stereocenters. The molecule has 0 saturated heterocycles. The molecule has 0 aliphatic carbocycles. The van der Waals surface area contributed by atoms with E-state index in [2.05, 4.69) is 5.32 Å². The monoisotopic (exact) mass is 864 g/mol. The lowest BCUT2D eigenvalue weighted by atomic mass is 9.79. The van der Waals surface area contributed by atoms with Gasteiger partial charge in [-0.3, -0.25) is 9.59 Å². The Hall–Kier alpha value is -8.15. The number of carbonyl (C=O) groups excluding carboxylic acids is 1. The largest absolute Gasteiger partial charge is 0.491 e. The second kappa shape index (κ2) is 31.0. The Morgan fingerprint density at radius 2 is 0.800 bits per heavy atom. The van der Waals surface area contributed by atoms with Crippen LogP contribution in [0.15, 0.2) is 36.4 Å². The minimum absolute atomic E-state index is 0.0386. The molecule has 60 heavy (non-hydrogen) atoms. The second-order valence-electron chi connectivity index (χ2n) is 9.67. The number of hydrogen-bond acceptors (Lipinski definition) is 17. The van der Waals surface area contributed by atoms with Gasteiger partial charge in [-0.25, -0.2) is 47.9 Å². The molecule has 16 N–H and O–H groups in total. The number of fused-ring (bicyclic) bond motifs is 2. The van der Waals surface area contributed by atoms with E-state index in [9.17, 15) is 14.8 Å². The molecule has 4 rings (SSSR count). The third-order valence-electron chi connectivity index (χ3n) is 5.16. The minimum Gasteiger partial charge on any atom is -0.481 e. The van der Waals surface area contributed by atoms with E-state index in [-0.39, 0.29) is 5.91 Å². The van der Waals surface area contributed by atoms with Crippen molar-refractivity contribution in [1.82, 2.24) is 0 Å². The predicted molar refractivity (Wildman–Crippen MR) is 191 cm³/mol. The number of amides is 1. The molecule has 0 saturated carbocycles. The van der Waals surface area contributed by atoms with E-state index in [1.54, 1.807) is 25.1 Å². The van der Waals surface area contributed by atoms with Gasteiger partial charge < -0.3 is 86.6 Å². The van der Waals surface area contributed by atoms with Crippen molar-refractivity contribution in [2.75, 3.05) is 11.1 Å². The maximum absolute atomic E-state index is 11.2. The fourth-order valence-electron chi connectivity index (χ4n) is 2.78. The Kier molecular flexibility index (Phi) is 30.2. The van der Waals surface area contributed by atoms with Crippen LogP contribution >= 0.6 is 0 Å². The zero-order chi connectivity index (χ0) is 48.0. The Labute approximate surface area is 333 Å². The van der Waals surface area contributed by atoms with Crippen LogP contribution in [0.1, 0.15) is 31.4 Å². The van der Waals surface area contributed by atoms with Gasteiger partial charge >= 0.3 is 73.9 Å². The summed E-state index contributed by atoms with van der Waals surface area (Å²) in [5.74, 6) is -19.1. The Balaban J connectivity index is -0.000000313. The van der Waals surface area contributed by atoms with Gasteiger partial charge in [0.05, 0.1) is 13.2 Å². The summed E-state index contributed by atoms with van der Waals surface area (Å²) in [6.07, 6.45) is 0.441. The number of benzene rings is 2. The van der Waals surface area contributed by atoms with Gasteiger partial charge in [0.1, 0.15) is 0 Å². The van der Waals surface area contributed by atoms with Crippen molar-refractivity contribution in [2.24, 2.45) is 0 Å². The van der Waals surface area contributed by atoms with Gasteiger partial charge in [0.2, 0.25) is 5.91 Å². The first-order chi connectivity index (χ1) is 27.4. The first-order valence-corrected chi connectivity index (χ1v) is 14.8. The lowest BCUT2D eigenvalue weighted by Crippen LogP contribution is -2.28. The van der Waals surface area contributed by atoms with Gasteiger partial charge in [0, 0.05) is 24.7 Å². The lowest BCUT2D eigenvalue weighted by molar-refractivity contribution is -0.159. The standard InChI is InChI=1S/C10H12BNO3.C7H8BNO2.5C2H2O4.C2H4O2/c1-2-10(13)12-8-4-3-7-6-15-11(14)9(7)5-8;9-6-2-1-5-4-11-8(10)7(5)3-6;5*3-1(4)2(5)6;1-2(3)4/h3-5,14H,2,6H2,1H3,(H,12,13);1-3,10H,4,9H2;5*(H,3,4)(H,5,6);1H3,(H,3,4). The Morgan fingerprint density at radius 3 is 1.07 bits per heavy atom. The second-order valence-corrected chi connectivity index (χ2v) is 9.67. The molecular weight excluding hydrogens is 830 g/mol. The molecule has 0 spiro atoms. The third kappa shape index (κ3) is 31.1. The molecule has 1 amide bonds. The number of aliphatic carboxylic acids is 11. The summed E-state index contributed by atoms with van der Waals surface area (Å²) in [6.45, 7) is 3.79. The fraction of sp³-hybridized carbons (Fsp3) is 0.172. The molecule has 29 nitrogen and oxygen atoms in total. The number of carbonyl (C=O) groups is 12. The van der Waals surface area contributed by atoms with E-state index >= 15 is 0 Å². The highest BCUT2D eigenvalue weighted by Gasteiger charge is 2.28. The van der Waals surface area contributed by atoms with Crippen molar-refractivity contribution in [2.45, 2.75) is 33.5 Å². The number of nitrogen functional groups attached to an aromatic ring is 1. The highest BCUT2D eigenvalue weighted by atomic mass is 16.5. The minimum atomic E-state index is -1.82. The highest BCUT2D eigenvalue weighted by molar-refractivity contribution is 6.62. The molecule has 328 valence electrons. The van der Waals surface area contributed by atoms with E-state index in [1.165, 1.54) is 0 Å². The van der Waals surface area contributed by atoms with Crippen LogP contribution in [0.4, 0.5) is 11.4 Å². The predicted octanol–water partition coefficient (Wildman–Crippen LogP) is -4.39. The molecule has 2 aliphatic heterocycles. The van der Waals surface area contributed by atoms with Crippen LogP contribution in [0.25, 0.3) is 0 Å². The van der Waals surface area contributed by atoms with Crippen molar-refractivity contribution in [3.8, 4) is 0 Å². The molecule has 0 bridgehead atoms. The van der Waals surface area contributed by atoms with E-state index in [4.69, 9.17) is 124 Å². The maximum Gasteiger partial charge on any atom is 0.491 e. The zero-order valence-electron chi connectivity index (χ0n) is 30.3. The zero-order valence-corrected chi connectivity index (χ0v) is 30.3. The van der Waals surface area contributed by atoms with Crippen LogP contribution in [0.5, 0.6) is 0 Å². The number of nitrogens with one attached hydrogen (secondary N) is 1. The molecule has 0 radical (unpaired) electrons. The number of hydrogen-bond donors (Lipinski definition) is 15. The first-order valence-electron chi connectivity index (χ1n) is 14.8. The third-order valence-corrected chi connectivity index (χ3v) is 5.16. The fourth-order valence-corrected chi connectivity index (χ4v) is 2.78. The molecule has 2 aromatic rings. The average molecular weight is 864 g/mol. The van der Waals surface area contributed by atoms with Crippen LogP contribution in [0, 0.1) is 0 Å². The summed E-state index contributed by atoms with van der Waals surface area (Å²) in [4.78, 5) is 111. The molecule has 31 heteroatoms. The molecular formula is C29H34B2N2O27. The number of nitrogens with two attached hydrogens (primary N) is 1. The van der Waals surface area contributed by atoms with Crippen LogP contribution in [-0.2, 0) is 80.1 Å². The topological polar surface area (TPSA) is 524 Å². The van der Waals surface area contributed by atoms with Crippen LogP contribution in [-0.4, -0.2) is 152 Å². The summed E-state index contributed by atoms with van der Waals surface area (Å²) >= 11 is 0. The SMILES string of the molecule is CC(=O)O.CCC(=O)Nc1ccc2c(c1)B(O)OC2.Nc1ccc2c(c1)B(O)OC2.O=C(O)C(=O)O.O=C(O)C(=O)O.O=C(O)C(=O)O.O=C(O)C(=O)O.O=C(O)C(=O)O.